The minimum atomic E-state index is -2.46. The third kappa shape index (κ3) is 2.30. The maximum absolute atomic E-state index is 12.7. The number of nitrogens with zero attached hydrogens (tertiary/aromatic N) is 1. The largest absolute Gasteiger partial charge is 0.481 e. The van der Waals surface area contributed by atoms with Gasteiger partial charge in [-0.05, 0) is 30.9 Å². The molecule has 20 heavy (non-hydrogen) atoms. The van der Waals surface area contributed by atoms with E-state index in [2.05, 4.69) is 4.90 Å². The van der Waals surface area contributed by atoms with Crippen LogP contribution < -0.4 is 0 Å². The maximum Gasteiger partial charge on any atom is 0.308 e. The Morgan fingerprint density at radius 1 is 1.40 bits per heavy atom. The maximum atomic E-state index is 12.7. The molecule has 5 heteroatoms. The van der Waals surface area contributed by atoms with Gasteiger partial charge in [0.25, 0.3) is 6.43 Å². The lowest BCUT2D eigenvalue weighted by Crippen LogP contribution is -2.32. The van der Waals surface area contributed by atoms with Crippen molar-refractivity contribution in [3.63, 3.8) is 0 Å². The number of alkyl halides is 2. The van der Waals surface area contributed by atoms with Gasteiger partial charge in [-0.1, -0.05) is 18.2 Å². The summed E-state index contributed by atoms with van der Waals surface area (Å²) in [6.07, 6.45) is 0.144. The Balaban J connectivity index is 1.76. The zero-order chi connectivity index (χ0) is 14.3. The average Bonchev–Trinajstić information content (AvgIpc) is 2.96. The highest BCUT2D eigenvalue weighted by Crippen LogP contribution is 2.42. The van der Waals surface area contributed by atoms with Gasteiger partial charge in [0.2, 0.25) is 0 Å². The van der Waals surface area contributed by atoms with Crippen LogP contribution in [0.4, 0.5) is 8.78 Å². The van der Waals surface area contributed by atoms with Crippen LogP contribution in [-0.2, 0) is 11.3 Å². The monoisotopic (exact) mass is 281 g/mol. The second-order valence-corrected chi connectivity index (χ2v) is 5.70. The van der Waals surface area contributed by atoms with Crippen molar-refractivity contribution in [3.8, 4) is 0 Å². The highest BCUT2D eigenvalue weighted by atomic mass is 19.3. The van der Waals surface area contributed by atoms with Gasteiger partial charge in [0.1, 0.15) is 0 Å². The number of carboxylic acids is 1. The number of halogens is 2. The van der Waals surface area contributed by atoms with Crippen LogP contribution in [0, 0.1) is 5.92 Å². The van der Waals surface area contributed by atoms with E-state index in [9.17, 15) is 18.7 Å². The highest BCUT2D eigenvalue weighted by molar-refractivity contribution is 5.71. The van der Waals surface area contributed by atoms with Crippen LogP contribution in [0.3, 0.4) is 0 Å². The normalized spacial score (nSPS) is 29.2. The lowest BCUT2D eigenvalue weighted by atomic mass is 9.89. The molecule has 1 aromatic rings. The van der Waals surface area contributed by atoms with Crippen LogP contribution in [0.15, 0.2) is 24.3 Å². The summed E-state index contributed by atoms with van der Waals surface area (Å²) >= 11 is 0. The Hall–Kier alpha value is -1.49. The van der Waals surface area contributed by atoms with E-state index in [1.54, 1.807) is 6.07 Å². The number of fused-ring (bicyclic) bond motifs is 2. The fourth-order valence-corrected chi connectivity index (χ4v) is 3.65. The third-order valence-corrected chi connectivity index (χ3v) is 4.57. The number of hydrogen-bond donors (Lipinski definition) is 1. The molecule has 0 saturated carbocycles. The second-order valence-electron chi connectivity index (χ2n) is 5.70. The van der Waals surface area contributed by atoms with Gasteiger partial charge < -0.3 is 5.11 Å². The first-order chi connectivity index (χ1) is 9.56. The van der Waals surface area contributed by atoms with Crippen LogP contribution in [0.25, 0.3) is 0 Å². The molecule has 2 heterocycles. The minimum Gasteiger partial charge on any atom is -0.481 e. The van der Waals surface area contributed by atoms with Gasteiger partial charge in [-0.2, -0.15) is 0 Å². The quantitative estimate of drug-likeness (QED) is 0.922. The molecule has 0 spiro atoms. The van der Waals surface area contributed by atoms with Crippen molar-refractivity contribution < 1.29 is 18.7 Å². The van der Waals surface area contributed by atoms with Gasteiger partial charge in [0, 0.05) is 24.2 Å². The van der Waals surface area contributed by atoms with Crippen LogP contribution >= 0.6 is 0 Å². The summed E-state index contributed by atoms with van der Waals surface area (Å²) in [6, 6.07) is 6.78. The van der Waals surface area contributed by atoms with E-state index in [1.807, 2.05) is 6.07 Å². The molecule has 2 bridgehead atoms. The highest BCUT2D eigenvalue weighted by Gasteiger charge is 2.48. The molecule has 2 aliphatic heterocycles. The van der Waals surface area contributed by atoms with Crippen molar-refractivity contribution in [2.24, 2.45) is 5.92 Å². The molecule has 1 aromatic carbocycles. The van der Waals surface area contributed by atoms with Crippen molar-refractivity contribution in [3.05, 3.63) is 35.4 Å². The van der Waals surface area contributed by atoms with Crippen molar-refractivity contribution in [1.29, 1.82) is 0 Å². The molecule has 3 atom stereocenters. The molecule has 2 aliphatic rings. The molecule has 0 aromatic heterocycles. The smallest absolute Gasteiger partial charge is 0.308 e. The number of rotatable bonds is 4. The zero-order valence-corrected chi connectivity index (χ0v) is 11.0. The lowest BCUT2D eigenvalue weighted by molar-refractivity contribution is -0.142. The van der Waals surface area contributed by atoms with E-state index in [4.69, 9.17) is 0 Å². The molecule has 0 amide bonds. The van der Waals surface area contributed by atoms with Gasteiger partial charge in [-0.3, -0.25) is 9.69 Å². The first-order valence-electron chi connectivity index (χ1n) is 6.92. The van der Waals surface area contributed by atoms with Gasteiger partial charge >= 0.3 is 5.97 Å². The predicted octanol–water partition coefficient (Wildman–Crippen LogP) is 3.06. The van der Waals surface area contributed by atoms with Crippen LogP contribution in [0.2, 0.25) is 0 Å². The van der Waals surface area contributed by atoms with Crippen molar-refractivity contribution >= 4 is 5.97 Å². The van der Waals surface area contributed by atoms with Gasteiger partial charge in [-0.25, -0.2) is 8.78 Å². The molecular weight excluding hydrogens is 264 g/mol. The molecule has 1 N–H and O–H groups in total. The Kier molecular flexibility index (Phi) is 3.46. The first-order valence-corrected chi connectivity index (χ1v) is 6.92. The molecular formula is C15H17F2NO2. The predicted molar refractivity (Wildman–Crippen MR) is 69.5 cm³/mol. The molecule has 108 valence electrons. The number of carbonyl (C=O) groups is 1. The SMILES string of the molecule is O=C(O)C1CC2CCC1N2Cc1cccc(C(F)F)c1. The van der Waals surface area contributed by atoms with Gasteiger partial charge in [-0.15, -0.1) is 0 Å². The number of carboxylic acid groups (broad SMARTS) is 1. The second kappa shape index (κ2) is 5.13. The van der Waals surface area contributed by atoms with E-state index in [-0.39, 0.29) is 23.6 Å². The molecule has 0 radical (unpaired) electrons. The molecule has 3 rings (SSSR count). The van der Waals surface area contributed by atoms with Gasteiger partial charge in [0.05, 0.1) is 5.92 Å². The minimum absolute atomic E-state index is 0.0313. The van der Waals surface area contributed by atoms with E-state index >= 15 is 0 Å². The summed E-state index contributed by atoms with van der Waals surface area (Å²) in [7, 11) is 0. The van der Waals surface area contributed by atoms with E-state index in [1.165, 1.54) is 12.1 Å². The fraction of sp³-hybridized carbons (Fsp3) is 0.533. The van der Waals surface area contributed by atoms with Crippen molar-refractivity contribution in [2.45, 2.75) is 44.3 Å². The van der Waals surface area contributed by atoms with Crippen molar-refractivity contribution in [2.75, 3.05) is 0 Å². The summed E-state index contributed by atoms with van der Waals surface area (Å²) in [5, 5.41) is 9.21. The zero-order valence-electron chi connectivity index (χ0n) is 11.0. The average molecular weight is 281 g/mol. The van der Waals surface area contributed by atoms with Crippen LogP contribution in [0.5, 0.6) is 0 Å². The Morgan fingerprint density at radius 3 is 2.85 bits per heavy atom. The Labute approximate surface area is 116 Å². The van der Waals surface area contributed by atoms with Crippen molar-refractivity contribution in [1.82, 2.24) is 4.90 Å². The molecule has 2 saturated heterocycles. The molecule has 3 unspecified atom stereocenters. The Bertz CT molecular complexity index is 520. The van der Waals surface area contributed by atoms with Gasteiger partial charge in [0.15, 0.2) is 0 Å². The number of aliphatic carboxylic acids is 1. The van der Waals surface area contributed by atoms with Crippen LogP contribution in [0.1, 0.15) is 36.8 Å². The topological polar surface area (TPSA) is 40.5 Å². The number of hydrogen-bond acceptors (Lipinski definition) is 2. The van der Waals surface area contributed by atoms with E-state index in [0.717, 1.165) is 18.4 Å². The van der Waals surface area contributed by atoms with Crippen LogP contribution in [-0.4, -0.2) is 28.1 Å². The number of benzene rings is 1. The fourth-order valence-electron chi connectivity index (χ4n) is 3.65. The third-order valence-electron chi connectivity index (χ3n) is 4.57. The van der Waals surface area contributed by atoms with E-state index < -0.39 is 12.4 Å². The lowest BCUT2D eigenvalue weighted by Gasteiger charge is -2.23. The molecule has 3 nitrogen and oxygen atoms in total. The summed E-state index contributed by atoms with van der Waals surface area (Å²) in [5.74, 6) is -1.03. The Morgan fingerprint density at radius 2 is 2.20 bits per heavy atom. The molecule has 2 fully saturated rings. The van der Waals surface area contributed by atoms with E-state index in [0.29, 0.717) is 13.0 Å². The molecule has 0 aliphatic carbocycles. The first kappa shape index (κ1) is 13.5. The summed E-state index contributed by atoms with van der Waals surface area (Å²) in [6.45, 7) is 0.569. The standard InChI is InChI=1S/C15H17F2NO2/c16-14(17)10-3-1-2-9(6-10)8-18-11-4-5-13(18)12(7-11)15(19)20/h1-3,6,11-14H,4-5,7-8H2,(H,19,20). The summed E-state index contributed by atoms with van der Waals surface area (Å²) in [4.78, 5) is 13.4. The summed E-state index contributed by atoms with van der Waals surface area (Å²) in [5.41, 5.74) is 0.870. The summed E-state index contributed by atoms with van der Waals surface area (Å²) < 4.78 is 25.4.